The molecule has 0 saturated heterocycles. The summed E-state index contributed by atoms with van der Waals surface area (Å²) < 4.78 is 25.7. The first-order valence-electron chi connectivity index (χ1n) is 4.38. The Kier molecular flexibility index (Phi) is 2.51. The van der Waals surface area contributed by atoms with Gasteiger partial charge >= 0.3 is 5.97 Å². The third kappa shape index (κ3) is 1.61. The molecule has 1 atom stereocenters. The molecule has 84 valence electrons. The quantitative estimate of drug-likeness (QED) is 0.869. The minimum atomic E-state index is -1.37. The number of benzene rings is 1. The van der Waals surface area contributed by atoms with Gasteiger partial charge in [-0.3, -0.25) is 3.97 Å². The van der Waals surface area contributed by atoms with Crippen LogP contribution in [0.4, 0.5) is 4.39 Å². The zero-order chi connectivity index (χ0) is 11.9. The highest BCUT2D eigenvalue weighted by molar-refractivity contribution is 7.82. The smallest absolute Gasteiger partial charge is 0.337 e. The lowest BCUT2D eigenvalue weighted by molar-refractivity contribution is 0.0699. The van der Waals surface area contributed by atoms with Crippen LogP contribution in [0.1, 0.15) is 10.4 Å². The summed E-state index contributed by atoms with van der Waals surface area (Å²) in [6, 6.07) is 3.75. The van der Waals surface area contributed by atoms with E-state index in [-0.39, 0.29) is 10.9 Å². The molecular weight excluding hydrogens is 233 g/mol. The number of hydrogen-bond acceptors (Lipinski definition) is 2. The van der Waals surface area contributed by atoms with Crippen LogP contribution in [0.3, 0.4) is 0 Å². The molecule has 0 spiro atoms. The van der Waals surface area contributed by atoms with Gasteiger partial charge in [0.2, 0.25) is 0 Å². The second kappa shape index (κ2) is 3.71. The molecule has 0 amide bonds. The number of rotatable bonds is 2. The van der Waals surface area contributed by atoms with E-state index in [1.54, 1.807) is 0 Å². The highest BCUT2D eigenvalue weighted by atomic mass is 32.2. The molecule has 1 aromatic heterocycles. The average Bonchev–Trinajstić information content (AvgIpc) is 2.56. The van der Waals surface area contributed by atoms with Crippen LogP contribution >= 0.6 is 0 Å². The number of hydrogen-bond donors (Lipinski definition) is 1. The Bertz CT molecular complexity index is 605. The Morgan fingerprint density at radius 1 is 1.50 bits per heavy atom. The summed E-state index contributed by atoms with van der Waals surface area (Å²) >= 11 is 0. The minimum absolute atomic E-state index is 0.0512. The maximum absolute atomic E-state index is 13.0. The van der Waals surface area contributed by atoms with Crippen LogP contribution in [0.2, 0.25) is 0 Å². The van der Waals surface area contributed by atoms with Gasteiger partial charge in [-0.15, -0.1) is 0 Å². The number of fused-ring (bicyclic) bond motifs is 1. The Balaban J connectivity index is 2.87. The van der Waals surface area contributed by atoms with Gasteiger partial charge < -0.3 is 5.11 Å². The molecule has 0 fully saturated rings. The van der Waals surface area contributed by atoms with E-state index in [0.29, 0.717) is 5.52 Å². The van der Waals surface area contributed by atoms with Crippen molar-refractivity contribution in [2.75, 3.05) is 6.26 Å². The Morgan fingerprint density at radius 2 is 2.19 bits per heavy atom. The van der Waals surface area contributed by atoms with Crippen molar-refractivity contribution in [1.82, 2.24) is 3.97 Å². The van der Waals surface area contributed by atoms with Crippen molar-refractivity contribution in [2.24, 2.45) is 0 Å². The van der Waals surface area contributed by atoms with Crippen molar-refractivity contribution in [3.05, 3.63) is 35.8 Å². The fourth-order valence-electron chi connectivity index (χ4n) is 1.56. The lowest BCUT2D eigenvalue weighted by Crippen LogP contribution is -2.00. The van der Waals surface area contributed by atoms with E-state index in [4.69, 9.17) is 5.11 Å². The molecule has 1 unspecified atom stereocenters. The zero-order valence-corrected chi connectivity index (χ0v) is 9.12. The van der Waals surface area contributed by atoms with Crippen LogP contribution in [0.15, 0.2) is 24.4 Å². The topological polar surface area (TPSA) is 59.3 Å². The van der Waals surface area contributed by atoms with Crippen molar-refractivity contribution in [3.8, 4) is 0 Å². The first-order chi connectivity index (χ1) is 7.50. The number of carboxylic acid groups (broad SMARTS) is 1. The van der Waals surface area contributed by atoms with Gasteiger partial charge in [0.05, 0.1) is 11.1 Å². The highest BCUT2D eigenvalue weighted by Gasteiger charge is 2.15. The Labute approximate surface area is 92.9 Å². The second-order valence-electron chi connectivity index (χ2n) is 3.26. The fourth-order valence-corrected chi connectivity index (χ4v) is 2.25. The summed E-state index contributed by atoms with van der Waals surface area (Å²) in [5, 5.41) is 9.19. The van der Waals surface area contributed by atoms with Crippen molar-refractivity contribution in [3.63, 3.8) is 0 Å². The van der Waals surface area contributed by atoms with Gasteiger partial charge in [-0.1, -0.05) is 0 Å². The molecule has 0 aliphatic carbocycles. The number of aromatic nitrogens is 1. The first kappa shape index (κ1) is 10.8. The molecule has 1 N–H and O–H groups in total. The molecule has 2 rings (SSSR count). The molecule has 1 aromatic carbocycles. The Hall–Kier alpha value is -1.69. The van der Waals surface area contributed by atoms with Crippen LogP contribution in [0, 0.1) is 5.82 Å². The van der Waals surface area contributed by atoms with Crippen molar-refractivity contribution < 1.29 is 18.5 Å². The van der Waals surface area contributed by atoms with E-state index in [2.05, 4.69) is 0 Å². The molecule has 2 aromatic rings. The Morgan fingerprint density at radius 3 is 2.75 bits per heavy atom. The highest BCUT2D eigenvalue weighted by Crippen LogP contribution is 2.23. The van der Waals surface area contributed by atoms with Crippen molar-refractivity contribution in [2.45, 2.75) is 0 Å². The predicted octanol–water partition coefficient (Wildman–Crippen LogP) is 1.62. The predicted molar refractivity (Wildman–Crippen MR) is 58.3 cm³/mol. The molecule has 0 aliphatic heterocycles. The van der Waals surface area contributed by atoms with Crippen LogP contribution in [0.5, 0.6) is 0 Å². The number of carboxylic acids is 1. The van der Waals surface area contributed by atoms with Crippen LogP contribution in [0.25, 0.3) is 10.9 Å². The maximum atomic E-state index is 13.0. The minimum Gasteiger partial charge on any atom is -0.478 e. The van der Waals surface area contributed by atoms with E-state index in [1.807, 2.05) is 0 Å². The summed E-state index contributed by atoms with van der Waals surface area (Å²) in [7, 11) is -1.37. The number of aromatic carboxylic acids is 1. The van der Waals surface area contributed by atoms with Gasteiger partial charge in [-0.05, 0) is 18.2 Å². The van der Waals surface area contributed by atoms with Crippen LogP contribution in [-0.2, 0) is 11.0 Å². The van der Waals surface area contributed by atoms with Gasteiger partial charge in [0, 0.05) is 17.8 Å². The van der Waals surface area contributed by atoms with E-state index >= 15 is 0 Å². The number of nitrogens with zero attached hydrogens (tertiary/aromatic N) is 1. The van der Waals surface area contributed by atoms with Gasteiger partial charge in [-0.25, -0.2) is 13.4 Å². The standard InChI is InChI=1S/C10H8FNO3S/c1-16(15)12-5-8(10(13)14)7-4-6(11)2-3-9(7)12/h2-5H,1H3,(H,13,14). The average molecular weight is 241 g/mol. The largest absolute Gasteiger partial charge is 0.478 e. The molecule has 0 aliphatic rings. The number of carbonyl (C=O) groups is 1. The molecule has 0 saturated carbocycles. The normalized spacial score (nSPS) is 12.9. The summed E-state index contributed by atoms with van der Waals surface area (Å²) in [6.07, 6.45) is 2.68. The van der Waals surface area contributed by atoms with Gasteiger partial charge in [0.15, 0.2) is 0 Å². The first-order valence-corrected chi connectivity index (χ1v) is 5.90. The zero-order valence-electron chi connectivity index (χ0n) is 8.31. The summed E-state index contributed by atoms with van der Waals surface area (Å²) in [4.78, 5) is 10.9. The van der Waals surface area contributed by atoms with Crippen molar-refractivity contribution >= 4 is 27.9 Å². The summed E-state index contributed by atoms with van der Waals surface area (Å²) in [6.45, 7) is 0. The SMILES string of the molecule is CS(=O)n1cc(C(=O)O)c2cc(F)ccc21. The lowest BCUT2D eigenvalue weighted by Gasteiger charge is -1.98. The van der Waals surface area contributed by atoms with Gasteiger partial charge in [-0.2, -0.15) is 0 Å². The third-order valence-electron chi connectivity index (χ3n) is 2.24. The summed E-state index contributed by atoms with van der Waals surface area (Å²) in [5.74, 6) is -1.69. The molecule has 1 heterocycles. The van der Waals surface area contributed by atoms with Crippen LogP contribution < -0.4 is 0 Å². The molecule has 4 nitrogen and oxygen atoms in total. The van der Waals surface area contributed by atoms with E-state index in [0.717, 1.165) is 6.07 Å². The van der Waals surface area contributed by atoms with Gasteiger partial charge in [0.25, 0.3) is 0 Å². The lowest BCUT2D eigenvalue weighted by atomic mass is 10.2. The maximum Gasteiger partial charge on any atom is 0.337 e. The second-order valence-corrected chi connectivity index (χ2v) is 4.50. The fraction of sp³-hybridized carbons (Fsp3) is 0.100. The molecular formula is C10H8FNO3S. The molecule has 0 radical (unpaired) electrons. The van der Waals surface area contributed by atoms with E-state index in [1.165, 1.54) is 28.6 Å². The van der Waals surface area contributed by atoms with Gasteiger partial charge in [0.1, 0.15) is 16.8 Å². The number of halogens is 1. The van der Waals surface area contributed by atoms with Crippen LogP contribution in [-0.4, -0.2) is 25.5 Å². The van der Waals surface area contributed by atoms with E-state index in [9.17, 15) is 13.4 Å². The molecule has 16 heavy (non-hydrogen) atoms. The monoisotopic (exact) mass is 241 g/mol. The van der Waals surface area contributed by atoms with E-state index < -0.39 is 22.8 Å². The molecule has 0 bridgehead atoms. The van der Waals surface area contributed by atoms with Crippen molar-refractivity contribution in [1.29, 1.82) is 0 Å². The molecule has 6 heteroatoms. The third-order valence-corrected chi connectivity index (χ3v) is 3.10. The summed E-state index contributed by atoms with van der Waals surface area (Å²) in [5.41, 5.74) is 0.393.